The number of amides is 2. The smallest absolute Gasteiger partial charge is 0.407 e. The third kappa shape index (κ3) is 6.43. The van der Waals surface area contributed by atoms with Gasteiger partial charge in [0.2, 0.25) is 0 Å². The van der Waals surface area contributed by atoms with E-state index in [1.54, 1.807) is 36.7 Å². The Kier molecular flexibility index (Phi) is 7.27. The fourth-order valence-electron chi connectivity index (χ4n) is 3.94. The number of primary amides is 1. The number of pyridine rings is 1. The topological polar surface area (TPSA) is 175 Å². The lowest BCUT2D eigenvalue weighted by Crippen LogP contribution is -2.49. The van der Waals surface area contributed by atoms with Gasteiger partial charge in [-0.2, -0.15) is 10.2 Å². The highest BCUT2D eigenvalue weighted by Crippen LogP contribution is 2.25. The van der Waals surface area contributed by atoms with Gasteiger partial charge < -0.3 is 26.4 Å². The molecule has 0 spiro atoms. The van der Waals surface area contributed by atoms with E-state index in [4.69, 9.17) is 10.5 Å². The summed E-state index contributed by atoms with van der Waals surface area (Å²) in [7, 11) is 0. The molecule has 1 aliphatic rings. The van der Waals surface area contributed by atoms with Crippen molar-refractivity contribution in [2.24, 2.45) is 5.73 Å². The minimum Gasteiger partial charge on any atom is -0.444 e. The number of rotatable bonds is 7. The van der Waals surface area contributed by atoms with Crippen LogP contribution in [0, 0.1) is 0 Å². The lowest BCUT2D eigenvalue weighted by Gasteiger charge is -2.33. The molecule has 0 bridgehead atoms. The third-order valence-electron chi connectivity index (χ3n) is 5.45. The summed E-state index contributed by atoms with van der Waals surface area (Å²) in [5.41, 5.74) is 5.25. The van der Waals surface area contributed by atoms with E-state index < -0.39 is 17.6 Å². The molecule has 1 aliphatic carbocycles. The van der Waals surface area contributed by atoms with Crippen LogP contribution in [0.3, 0.4) is 0 Å². The first-order chi connectivity index (χ1) is 17.2. The van der Waals surface area contributed by atoms with Crippen molar-refractivity contribution in [1.82, 2.24) is 35.5 Å². The summed E-state index contributed by atoms with van der Waals surface area (Å²) in [6.45, 7) is 5.47. The molecule has 2 atom stereocenters. The predicted molar refractivity (Wildman–Crippen MR) is 132 cm³/mol. The van der Waals surface area contributed by atoms with Gasteiger partial charge >= 0.3 is 6.09 Å². The third-order valence-corrected chi connectivity index (χ3v) is 5.45. The van der Waals surface area contributed by atoms with Gasteiger partial charge in [0.25, 0.3) is 5.91 Å². The van der Waals surface area contributed by atoms with Crippen LogP contribution in [0.15, 0.2) is 36.7 Å². The second-order valence-electron chi connectivity index (χ2n) is 9.47. The number of nitrogens with zero attached hydrogens (tertiary/aromatic N) is 6. The Labute approximate surface area is 208 Å². The molecule has 0 aromatic carbocycles. The zero-order valence-electron chi connectivity index (χ0n) is 20.4. The van der Waals surface area contributed by atoms with Gasteiger partial charge in [0.05, 0.1) is 24.1 Å². The van der Waals surface area contributed by atoms with Crippen LogP contribution in [0.25, 0.3) is 5.82 Å². The monoisotopic (exact) mass is 494 g/mol. The molecule has 0 radical (unpaired) electrons. The van der Waals surface area contributed by atoms with E-state index in [9.17, 15) is 9.59 Å². The largest absolute Gasteiger partial charge is 0.444 e. The lowest BCUT2D eigenvalue weighted by molar-refractivity contribution is 0.0488. The van der Waals surface area contributed by atoms with Crippen LogP contribution in [0.5, 0.6) is 0 Å². The van der Waals surface area contributed by atoms with E-state index in [0.29, 0.717) is 23.1 Å². The van der Waals surface area contributed by atoms with Crippen molar-refractivity contribution in [1.29, 1.82) is 0 Å². The number of ether oxygens (including phenoxy) is 1. The van der Waals surface area contributed by atoms with Crippen molar-refractivity contribution < 1.29 is 14.3 Å². The number of carbonyl (C=O) groups is 2. The first kappa shape index (κ1) is 24.8. The second-order valence-corrected chi connectivity index (χ2v) is 9.47. The fraction of sp³-hybridized carbons (Fsp3) is 0.435. The molecule has 3 aromatic heterocycles. The quantitative estimate of drug-likeness (QED) is 0.382. The highest BCUT2D eigenvalue weighted by Gasteiger charge is 2.29. The molecule has 0 saturated heterocycles. The summed E-state index contributed by atoms with van der Waals surface area (Å²) in [5.74, 6) is 0.622. The van der Waals surface area contributed by atoms with Crippen molar-refractivity contribution >= 4 is 29.3 Å². The number of nitrogens with one attached hydrogen (secondary N) is 3. The number of anilines is 3. The normalized spacial score (nSPS) is 17.8. The van der Waals surface area contributed by atoms with Gasteiger partial charge in [-0.15, -0.1) is 15.0 Å². The molecule has 13 nitrogen and oxygen atoms in total. The van der Waals surface area contributed by atoms with E-state index in [2.05, 4.69) is 41.3 Å². The van der Waals surface area contributed by atoms with E-state index in [1.807, 2.05) is 20.8 Å². The van der Waals surface area contributed by atoms with Crippen LogP contribution in [-0.2, 0) is 4.74 Å². The molecule has 3 heterocycles. The van der Waals surface area contributed by atoms with Crippen molar-refractivity contribution in [3.8, 4) is 5.82 Å². The Balaban J connectivity index is 1.53. The van der Waals surface area contributed by atoms with Gasteiger partial charge in [-0.1, -0.05) is 18.9 Å². The minimum absolute atomic E-state index is 0.0305. The van der Waals surface area contributed by atoms with Crippen molar-refractivity contribution in [3.05, 3.63) is 42.4 Å². The Morgan fingerprint density at radius 1 is 1.06 bits per heavy atom. The zero-order chi connectivity index (χ0) is 25.7. The van der Waals surface area contributed by atoms with Crippen molar-refractivity contribution in [2.45, 2.75) is 64.1 Å². The van der Waals surface area contributed by atoms with Crippen LogP contribution in [0.2, 0.25) is 0 Å². The second kappa shape index (κ2) is 10.5. The molecule has 13 heteroatoms. The van der Waals surface area contributed by atoms with E-state index in [1.165, 1.54) is 4.80 Å². The molecule has 2 amide bonds. The summed E-state index contributed by atoms with van der Waals surface area (Å²) in [6.07, 6.45) is 6.25. The van der Waals surface area contributed by atoms with Crippen LogP contribution < -0.4 is 21.7 Å². The number of alkyl carbamates (subject to hydrolysis) is 1. The summed E-state index contributed by atoms with van der Waals surface area (Å²) in [5, 5.41) is 25.7. The van der Waals surface area contributed by atoms with Gasteiger partial charge in [0.15, 0.2) is 17.3 Å². The lowest BCUT2D eigenvalue weighted by atomic mass is 9.90. The van der Waals surface area contributed by atoms with E-state index in [0.717, 1.165) is 25.7 Å². The number of aromatic nitrogens is 6. The number of carbonyl (C=O) groups excluding carboxylic acids is 2. The van der Waals surface area contributed by atoms with Crippen molar-refractivity contribution in [3.63, 3.8) is 0 Å². The molecule has 3 aromatic rings. The summed E-state index contributed by atoms with van der Waals surface area (Å²) in [4.78, 5) is 30.2. The molecule has 4 rings (SSSR count). The highest BCUT2D eigenvalue weighted by molar-refractivity contribution is 5.97. The average Bonchev–Trinajstić information content (AvgIpc) is 3.34. The zero-order valence-corrected chi connectivity index (χ0v) is 20.4. The average molecular weight is 495 g/mol. The number of nitrogens with two attached hydrogens (primary N) is 1. The predicted octanol–water partition coefficient (Wildman–Crippen LogP) is 2.54. The molecular formula is C23H30N10O3. The summed E-state index contributed by atoms with van der Waals surface area (Å²) < 4.78 is 5.42. The molecular weight excluding hydrogens is 464 g/mol. The summed E-state index contributed by atoms with van der Waals surface area (Å²) in [6, 6.07) is 6.65. The minimum atomic E-state index is -0.733. The van der Waals surface area contributed by atoms with Gasteiger partial charge in [-0.05, 0) is 45.7 Å². The maximum atomic E-state index is 12.3. The van der Waals surface area contributed by atoms with Crippen LogP contribution in [0.4, 0.5) is 22.1 Å². The fourth-order valence-corrected chi connectivity index (χ4v) is 3.94. The molecule has 0 aliphatic heterocycles. The first-order valence-electron chi connectivity index (χ1n) is 11.7. The first-order valence-corrected chi connectivity index (χ1v) is 11.7. The molecule has 5 N–H and O–H groups in total. The molecule has 1 fully saturated rings. The van der Waals surface area contributed by atoms with Gasteiger partial charge in [0.1, 0.15) is 11.4 Å². The van der Waals surface area contributed by atoms with Crippen LogP contribution >= 0.6 is 0 Å². The molecule has 36 heavy (non-hydrogen) atoms. The van der Waals surface area contributed by atoms with Crippen LogP contribution in [-0.4, -0.2) is 59.9 Å². The van der Waals surface area contributed by atoms with Gasteiger partial charge in [-0.3, -0.25) is 4.79 Å². The summed E-state index contributed by atoms with van der Waals surface area (Å²) >= 11 is 0. The maximum Gasteiger partial charge on any atom is 0.407 e. The molecule has 0 unspecified atom stereocenters. The Hall–Kier alpha value is -4.29. The number of hydrogen-bond acceptors (Lipinski definition) is 10. The van der Waals surface area contributed by atoms with E-state index in [-0.39, 0.29) is 17.8 Å². The molecule has 190 valence electrons. The highest BCUT2D eigenvalue weighted by atomic mass is 16.6. The maximum absolute atomic E-state index is 12.3. The van der Waals surface area contributed by atoms with Gasteiger partial charge in [-0.25, -0.2) is 9.78 Å². The Bertz CT molecular complexity index is 1210. The van der Waals surface area contributed by atoms with E-state index >= 15 is 0 Å². The van der Waals surface area contributed by atoms with Crippen molar-refractivity contribution in [2.75, 3.05) is 10.6 Å². The number of hydrogen-bond donors (Lipinski definition) is 4. The standard InChI is InChI=1S/C23H30N10O3/c1-23(2,3)36-22(35)29-15-8-5-4-7-14(15)27-18-13-16(20(21(24)34)32-31-18)28-17-9-6-10-19(30-17)33-25-11-12-26-33/h6,9-15H,4-5,7-8H2,1-3H3,(H2,24,34)(H,29,35)(H2,27,28,30,31)/t14-,15+/m1/s1. The van der Waals surface area contributed by atoms with Gasteiger partial charge in [0, 0.05) is 12.1 Å². The Morgan fingerprint density at radius 3 is 2.47 bits per heavy atom. The Morgan fingerprint density at radius 2 is 1.78 bits per heavy atom. The molecule has 1 saturated carbocycles. The van der Waals surface area contributed by atoms with Crippen LogP contribution in [0.1, 0.15) is 56.9 Å². The SMILES string of the molecule is CC(C)(C)OC(=O)N[C@H]1CCCC[C@H]1Nc1cc(Nc2cccc(-n3nccn3)n2)c(C(N)=O)nn1.